The number of aromatic nitrogens is 2. The summed E-state index contributed by atoms with van der Waals surface area (Å²) in [5.74, 6) is 0. The van der Waals surface area contributed by atoms with Crippen molar-refractivity contribution in [3.63, 3.8) is 0 Å². The minimum atomic E-state index is -0.600. The zero-order valence-corrected chi connectivity index (χ0v) is 20.0. The van der Waals surface area contributed by atoms with E-state index in [1.165, 1.54) is 4.57 Å². The van der Waals surface area contributed by atoms with Crippen LogP contribution in [-0.4, -0.2) is 22.4 Å². The molecule has 0 saturated heterocycles. The first kappa shape index (κ1) is 25.3. The molecule has 36 heavy (non-hydrogen) atoms. The molecule has 4 rings (SSSR count). The second-order valence-corrected chi connectivity index (χ2v) is 8.39. The summed E-state index contributed by atoms with van der Waals surface area (Å²) in [6.45, 7) is 1.22. The van der Waals surface area contributed by atoms with E-state index >= 15 is 0 Å². The topological polar surface area (TPSA) is 82.6 Å². The summed E-state index contributed by atoms with van der Waals surface area (Å²) in [4.78, 5) is 27.1. The number of ether oxygens (including phenoxy) is 3. The van der Waals surface area contributed by atoms with Gasteiger partial charge in [0.1, 0.15) is 6.73 Å². The minimum Gasteiger partial charge on any atom is -0.377 e. The number of nitrogens with zero attached hydrogens (tertiary/aromatic N) is 1. The van der Waals surface area contributed by atoms with Gasteiger partial charge < -0.3 is 14.2 Å². The molecule has 0 spiro atoms. The molecule has 7 heteroatoms. The standard InChI is InChI=1S/C29H30N2O5/c32-28-26(18-23-10-4-1-5-11-23)19-31(29(33)30-28)22-36-27(35-21-25-14-8-3-9-15-25)16-17-34-20-24-12-6-2-7-13-24/h1-15,19,27H,16-18,20-22H2,(H,30,32,33). The van der Waals surface area contributed by atoms with Gasteiger partial charge in [-0.25, -0.2) is 4.79 Å². The zero-order chi connectivity index (χ0) is 25.0. The molecular weight excluding hydrogens is 456 g/mol. The van der Waals surface area contributed by atoms with Crippen molar-refractivity contribution in [2.24, 2.45) is 0 Å². The van der Waals surface area contributed by atoms with Gasteiger partial charge in [-0.05, 0) is 16.7 Å². The Kier molecular flexibility index (Phi) is 9.39. The minimum absolute atomic E-state index is 0.0600. The Morgan fingerprint density at radius 2 is 1.31 bits per heavy atom. The molecule has 0 amide bonds. The molecule has 1 heterocycles. The zero-order valence-electron chi connectivity index (χ0n) is 20.0. The predicted molar refractivity (Wildman–Crippen MR) is 137 cm³/mol. The second kappa shape index (κ2) is 13.3. The van der Waals surface area contributed by atoms with Crippen LogP contribution in [0.3, 0.4) is 0 Å². The number of hydrogen-bond acceptors (Lipinski definition) is 5. The van der Waals surface area contributed by atoms with Crippen molar-refractivity contribution in [2.75, 3.05) is 6.61 Å². The molecule has 7 nitrogen and oxygen atoms in total. The lowest BCUT2D eigenvalue weighted by Gasteiger charge is -2.19. The monoisotopic (exact) mass is 486 g/mol. The third kappa shape index (κ3) is 7.88. The van der Waals surface area contributed by atoms with Gasteiger partial charge in [0.05, 0.1) is 19.8 Å². The fourth-order valence-electron chi connectivity index (χ4n) is 3.68. The molecule has 0 bridgehead atoms. The predicted octanol–water partition coefficient (Wildman–Crippen LogP) is 4.25. The Morgan fingerprint density at radius 3 is 1.94 bits per heavy atom. The van der Waals surface area contributed by atoms with E-state index in [1.807, 2.05) is 91.0 Å². The van der Waals surface area contributed by atoms with Crippen molar-refractivity contribution >= 4 is 0 Å². The lowest BCUT2D eigenvalue weighted by Crippen LogP contribution is -2.33. The summed E-state index contributed by atoms with van der Waals surface area (Å²) in [6.07, 6.45) is 1.85. The number of rotatable bonds is 13. The number of H-pyrrole nitrogens is 1. The van der Waals surface area contributed by atoms with E-state index in [9.17, 15) is 9.59 Å². The summed E-state index contributed by atoms with van der Waals surface area (Å²) in [6, 6.07) is 29.4. The van der Waals surface area contributed by atoms with Crippen LogP contribution in [0.2, 0.25) is 0 Å². The van der Waals surface area contributed by atoms with Crippen LogP contribution < -0.4 is 11.2 Å². The Morgan fingerprint density at radius 1 is 0.722 bits per heavy atom. The third-order valence-electron chi connectivity index (χ3n) is 5.61. The highest BCUT2D eigenvalue weighted by molar-refractivity contribution is 5.22. The SMILES string of the molecule is O=c1[nH]c(=O)n(COC(CCOCc2ccccc2)OCc2ccccc2)cc1Cc1ccccc1. The highest BCUT2D eigenvalue weighted by atomic mass is 16.7. The quantitative estimate of drug-likeness (QED) is 0.226. The first-order valence-corrected chi connectivity index (χ1v) is 11.9. The molecule has 1 N–H and O–H groups in total. The van der Waals surface area contributed by atoms with E-state index in [4.69, 9.17) is 14.2 Å². The lowest BCUT2D eigenvalue weighted by atomic mass is 10.1. The van der Waals surface area contributed by atoms with Crippen LogP contribution in [0.4, 0.5) is 0 Å². The van der Waals surface area contributed by atoms with Crippen molar-refractivity contribution in [3.8, 4) is 0 Å². The molecule has 0 aliphatic carbocycles. The molecule has 3 aromatic carbocycles. The normalized spacial score (nSPS) is 11.9. The van der Waals surface area contributed by atoms with E-state index in [2.05, 4.69) is 4.98 Å². The molecule has 0 saturated carbocycles. The van der Waals surface area contributed by atoms with Crippen molar-refractivity contribution < 1.29 is 14.2 Å². The molecule has 1 aromatic heterocycles. The summed E-state index contributed by atoms with van der Waals surface area (Å²) in [7, 11) is 0. The second-order valence-electron chi connectivity index (χ2n) is 8.39. The van der Waals surface area contributed by atoms with Gasteiger partial charge in [-0.1, -0.05) is 91.0 Å². The van der Waals surface area contributed by atoms with Gasteiger partial charge >= 0.3 is 5.69 Å². The molecule has 0 radical (unpaired) electrons. The molecule has 186 valence electrons. The van der Waals surface area contributed by atoms with Gasteiger partial charge in [-0.15, -0.1) is 0 Å². The maximum atomic E-state index is 12.4. The van der Waals surface area contributed by atoms with Gasteiger partial charge in [-0.2, -0.15) is 0 Å². The molecule has 1 unspecified atom stereocenters. The van der Waals surface area contributed by atoms with E-state index in [-0.39, 0.29) is 6.73 Å². The van der Waals surface area contributed by atoms with Crippen molar-refractivity contribution in [2.45, 2.75) is 39.1 Å². The number of aromatic amines is 1. The van der Waals surface area contributed by atoms with Gasteiger partial charge in [-0.3, -0.25) is 14.3 Å². The maximum Gasteiger partial charge on any atom is 0.330 e. The van der Waals surface area contributed by atoms with Crippen LogP contribution >= 0.6 is 0 Å². The van der Waals surface area contributed by atoms with Gasteiger partial charge in [0.25, 0.3) is 5.56 Å². The number of hydrogen-bond donors (Lipinski definition) is 1. The Hall–Kier alpha value is -3.78. The summed E-state index contributed by atoms with van der Waals surface area (Å²) >= 11 is 0. The fraction of sp³-hybridized carbons (Fsp3) is 0.241. The fourth-order valence-corrected chi connectivity index (χ4v) is 3.68. The van der Waals surface area contributed by atoms with Crippen LogP contribution in [-0.2, 0) is 40.6 Å². The van der Waals surface area contributed by atoms with Gasteiger partial charge in [0.2, 0.25) is 0 Å². The van der Waals surface area contributed by atoms with Crippen molar-refractivity contribution in [3.05, 3.63) is 140 Å². The lowest BCUT2D eigenvalue weighted by molar-refractivity contribution is -0.179. The van der Waals surface area contributed by atoms with Crippen LogP contribution in [0.1, 0.15) is 28.7 Å². The van der Waals surface area contributed by atoms with Gasteiger partial charge in [0.15, 0.2) is 6.29 Å². The largest absolute Gasteiger partial charge is 0.377 e. The average Bonchev–Trinajstić information content (AvgIpc) is 2.91. The molecule has 0 fully saturated rings. The first-order chi connectivity index (χ1) is 17.7. The van der Waals surface area contributed by atoms with E-state index in [0.29, 0.717) is 38.2 Å². The highest BCUT2D eigenvalue weighted by Gasteiger charge is 2.13. The Bertz CT molecular complexity index is 1300. The number of nitrogens with one attached hydrogen (secondary N) is 1. The average molecular weight is 487 g/mol. The van der Waals surface area contributed by atoms with Crippen LogP contribution in [0.25, 0.3) is 0 Å². The third-order valence-corrected chi connectivity index (χ3v) is 5.61. The van der Waals surface area contributed by atoms with Gasteiger partial charge in [0, 0.05) is 24.6 Å². The first-order valence-electron chi connectivity index (χ1n) is 11.9. The maximum absolute atomic E-state index is 12.4. The Balaban J connectivity index is 1.38. The van der Waals surface area contributed by atoms with Crippen LogP contribution in [0.15, 0.2) is 107 Å². The molecule has 1 atom stereocenters. The van der Waals surface area contributed by atoms with Crippen molar-refractivity contribution in [1.82, 2.24) is 9.55 Å². The highest BCUT2D eigenvalue weighted by Crippen LogP contribution is 2.10. The molecule has 4 aromatic rings. The van der Waals surface area contributed by atoms with E-state index in [0.717, 1.165) is 16.7 Å². The smallest absolute Gasteiger partial charge is 0.330 e. The van der Waals surface area contributed by atoms with Crippen molar-refractivity contribution in [1.29, 1.82) is 0 Å². The Labute approximate surface area is 209 Å². The molecule has 0 aliphatic heterocycles. The van der Waals surface area contributed by atoms with E-state index in [1.54, 1.807) is 6.20 Å². The van der Waals surface area contributed by atoms with Crippen LogP contribution in [0, 0.1) is 0 Å². The molecule has 0 aliphatic rings. The summed E-state index contributed by atoms with van der Waals surface area (Å²) < 4.78 is 19.1. The number of benzene rings is 3. The molecular formula is C29H30N2O5. The summed E-state index contributed by atoms with van der Waals surface area (Å²) in [5, 5.41) is 0. The van der Waals surface area contributed by atoms with E-state index < -0.39 is 17.5 Å². The van der Waals surface area contributed by atoms with Crippen LogP contribution in [0.5, 0.6) is 0 Å². The summed E-state index contributed by atoms with van der Waals surface area (Å²) in [5.41, 5.74) is 2.64.